The molecular formula is C16H21NO2S2. The van der Waals surface area contributed by atoms with Crippen LogP contribution in [0.2, 0.25) is 0 Å². The number of sulfonamides is 1. The molecule has 0 aliphatic rings. The molecule has 0 saturated heterocycles. The lowest BCUT2D eigenvalue weighted by atomic mass is 10.0. The first kappa shape index (κ1) is 16.2. The Bertz CT molecular complexity index is 672. The molecule has 0 aliphatic carbocycles. The summed E-state index contributed by atoms with van der Waals surface area (Å²) in [6.07, 6.45) is 0.784. The zero-order chi connectivity index (χ0) is 15.5. The maximum Gasteiger partial charge on any atom is 0.221 e. The Hall–Kier alpha value is -1.17. The standard InChI is InChI=1S/C16H21NO2S2/c1-4-11-17-21(18,19)16(2,3)14-9-7-13(8-10-14)15-6-5-12-20-15/h5-10,12,17H,4,11H2,1-3H3. The molecule has 0 fully saturated rings. The van der Waals surface area contributed by atoms with Gasteiger partial charge >= 0.3 is 0 Å². The predicted octanol–water partition coefficient (Wildman–Crippen LogP) is 3.98. The van der Waals surface area contributed by atoms with E-state index >= 15 is 0 Å². The van der Waals surface area contributed by atoms with Crippen LogP contribution in [0.15, 0.2) is 41.8 Å². The third-order valence-electron chi connectivity index (χ3n) is 3.60. The maximum absolute atomic E-state index is 12.4. The van der Waals surface area contributed by atoms with E-state index in [-0.39, 0.29) is 0 Å². The van der Waals surface area contributed by atoms with E-state index < -0.39 is 14.8 Å². The van der Waals surface area contributed by atoms with Gasteiger partial charge in [0.25, 0.3) is 0 Å². The van der Waals surface area contributed by atoms with Crippen LogP contribution in [0, 0.1) is 0 Å². The molecule has 2 rings (SSSR count). The Balaban J connectivity index is 2.28. The first-order valence-corrected chi connectivity index (χ1v) is 9.38. The van der Waals surface area contributed by atoms with E-state index in [1.54, 1.807) is 25.2 Å². The first-order valence-electron chi connectivity index (χ1n) is 7.02. The van der Waals surface area contributed by atoms with E-state index in [0.717, 1.165) is 17.5 Å². The molecule has 0 bridgehead atoms. The van der Waals surface area contributed by atoms with Crippen LogP contribution in [-0.4, -0.2) is 15.0 Å². The van der Waals surface area contributed by atoms with Gasteiger partial charge in [0.2, 0.25) is 10.0 Å². The van der Waals surface area contributed by atoms with E-state index in [0.29, 0.717) is 6.54 Å². The SMILES string of the molecule is CCCNS(=O)(=O)C(C)(C)c1ccc(-c2cccs2)cc1. The summed E-state index contributed by atoms with van der Waals surface area (Å²) < 4.78 is 26.5. The van der Waals surface area contributed by atoms with Gasteiger partial charge in [-0.15, -0.1) is 11.3 Å². The Morgan fingerprint density at radius 2 is 1.81 bits per heavy atom. The van der Waals surface area contributed by atoms with Crippen molar-refractivity contribution in [3.05, 3.63) is 47.3 Å². The molecule has 1 N–H and O–H groups in total. The van der Waals surface area contributed by atoms with Crippen molar-refractivity contribution in [3.8, 4) is 10.4 Å². The molecule has 21 heavy (non-hydrogen) atoms. The number of thiophene rings is 1. The summed E-state index contributed by atoms with van der Waals surface area (Å²) in [5.74, 6) is 0. The van der Waals surface area contributed by atoms with Crippen LogP contribution in [0.25, 0.3) is 10.4 Å². The van der Waals surface area contributed by atoms with Crippen LogP contribution >= 0.6 is 11.3 Å². The molecule has 0 radical (unpaired) electrons. The molecule has 2 aromatic rings. The van der Waals surface area contributed by atoms with Gasteiger partial charge < -0.3 is 0 Å². The van der Waals surface area contributed by atoms with Crippen LogP contribution in [0.4, 0.5) is 0 Å². The number of benzene rings is 1. The smallest absolute Gasteiger partial charge is 0.214 e. The van der Waals surface area contributed by atoms with Gasteiger partial charge in [0, 0.05) is 11.4 Å². The predicted molar refractivity (Wildman–Crippen MR) is 90.0 cm³/mol. The lowest BCUT2D eigenvalue weighted by Gasteiger charge is -2.25. The molecule has 0 amide bonds. The second kappa shape index (κ2) is 6.30. The molecule has 5 heteroatoms. The highest BCUT2D eigenvalue weighted by atomic mass is 32.2. The molecule has 0 atom stereocenters. The second-order valence-corrected chi connectivity index (χ2v) is 8.73. The number of rotatable bonds is 6. The number of hydrogen-bond donors (Lipinski definition) is 1. The van der Waals surface area contributed by atoms with E-state index in [1.807, 2.05) is 42.6 Å². The lowest BCUT2D eigenvalue weighted by Crippen LogP contribution is -2.39. The van der Waals surface area contributed by atoms with Crippen LogP contribution < -0.4 is 4.72 Å². The molecule has 0 unspecified atom stereocenters. The Morgan fingerprint density at radius 1 is 1.14 bits per heavy atom. The van der Waals surface area contributed by atoms with Gasteiger partial charge in [-0.3, -0.25) is 0 Å². The van der Waals surface area contributed by atoms with Gasteiger partial charge in [0.15, 0.2) is 0 Å². The molecule has 3 nitrogen and oxygen atoms in total. The van der Waals surface area contributed by atoms with Gasteiger partial charge in [-0.05, 0) is 42.8 Å². The molecule has 0 spiro atoms. The minimum atomic E-state index is -3.39. The highest BCUT2D eigenvalue weighted by Crippen LogP contribution is 2.31. The molecule has 1 aromatic carbocycles. The van der Waals surface area contributed by atoms with Gasteiger partial charge in [-0.2, -0.15) is 0 Å². The average Bonchev–Trinajstić information content (AvgIpc) is 2.99. The summed E-state index contributed by atoms with van der Waals surface area (Å²) in [5, 5.41) is 2.03. The van der Waals surface area contributed by atoms with Gasteiger partial charge in [0.05, 0.1) is 0 Å². The van der Waals surface area contributed by atoms with Crippen molar-refractivity contribution in [1.29, 1.82) is 0 Å². The Labute approximate surface area is 131 Å². The van der Waals surface area contributed by atoms with Gasteiger partial charge in [-0.25, -0.2) is 13.1 Å². The molecule has 0 aliphatic heterocycles. The summed E-state index contributed by atoms with van der Waals surface area (Å²) in [6, 6.07) is 11.8. The molecule has 1 aromatic heterocycles. The van der Waals surface area contributed by atoms with Crippen molar-refractivity contribution in [3.63, 3.8) is 0 Å². The van der Waals surface area contributed by atoms with Crippen LogP contribution in [0.3, 0.4) is 0 Å². The summed E-state index contributed by atoms with van der Waals surface area (Å²) in [6.45, 7) is 5.90. The quantitative estimate of drug-likeness (QED) is 0.874. The van der Waals surface area contributed by atoms with Crippen molar-refractivity contribution in [2.75, 3.05) is 6.54 Å². The monoisotopic (exact) mass is 323 g/mol. The average molecular weight is 323 g/mol. The number of hydrogen-bond acceptors (Lipinski definition) is 3. The highest BCUT2D eigenvalue weighted by molar-refractivity contribution is 7.90. The molecule has 114 valence electrons. The van der Waals surface area contributed by atoms with Crippen molar-refractivity contribution in [1.82, 2.24) is 4.72 Å². The maximum atomic E-state index is 12.4. The highest BCUT2D eigenvalue weighted by Gasteiger charge is 2.35. The topological polar surface area (TPSA) is 46.2 Å². The third kappa shape index (κ3) is 3.36. The van der Waals surface area contributed by atoms with Crippen molar-refractivity contribution < 1.29 is 8.42 Å². The largest absolute Gasteiger partial charge is 0.221 e. The van der Waals surface area contributed by atoms with Gasteiger partial charge in [0.1, 0.15) is 4.75 Å². The van der Waals surface area contributed by atoms with E-state index in [1.165, 1.54) is 4.88 Å². The minimum Gasteiger partial charge on any atom is -0.214 e. The fourth-order valence-corrected chi connectivity index (χ4v) is 4.06. The summed E-state index contributed by atoms with van der Waals surface area (Å²) in [7, 11) is -3.39. The van der Waals surface area contributed by atoms with Crippen LogP contribution in [0.1, 0.15) is 32.8 Å². The summed E-state index contributed by atoms with van der Waals surface area (Å²) >= 11 is 1.68. The second-order valence-electron chi connectivity index (χ2n) is 5.46. The Morgan fingerprint density at radius 3 is 2.33 bits per heavy atom. The zero-order valence-corrected chi connectivity index (χ0v) is 14.2. The molecule has 0 saturated carbocycles. The summed E-state index contributed by atoms with van der Waals surface area (Å²) in [5.41, 5.74) is 1.91. The fourth-order valence-electron chi connectivity index (χ4n) is 2.05. The van der Waals surface area contributed by atoms with Crippen molar-refractivity contribution >= 4 is 21.4 Å². The van der Waals surface area contributed by atoms with Crippen molar-refractivity contribution in [2.45, 2.75) is 31.9 Å². The van der Waals surface area contributed by atoms with Crippen LogP contribution in [-0.2, 0) is 14.8 Å². The Kier molecular flexibility index (Phi) is 4.86. The van der Waals surface area contributed by atoms with Crippen LogP contribution in [0.5, 0.6) is 0 Å². The first-order chi connectivity index (χ1) is 9.88. The third-order valence-corrected chi connectivity index (χ3v) is 6.68. The van der Waals surface area contributed by atoms with E-state index in [4.69, 9.17) is 0 Å². The van der Waals surface area contributed by atoms with E-state index in [9.17, 15) is 8.42 Å². The number of nitrogens with one attached hydrogen (secondary N) is 1. The lowest BCUT2D eigenvalue weighted by molar-refractivity contribution is 0.539. The van der Waals surface area contributed by atoms with Crippen molar-refractivity contribution in [2.24, 2.45) is 0 Å². The fraction of sp³-hybridized carbons (Fsp3) is 0.375. The zero-order valence-electron chi connectivity index (χ0n) is 12.6. The normalized spacial score (nSPS) is 12.5. The molecular weight excluding hydrogens is 302 g/mol. The van der Waals surface area contributed by atoms with Gasteiger partial charge in [-0.1, -0.05) is 37.3 Å². The summed E-state index contributed by atoms with van der Waals surface area (Å²) in [4.78, 5) is 1.19. The molecule has 1 heterocycles. The minimum absolute atomic E-state index is 0.471. The van der Waals surface area contributed by atoms with E-state index in [2.05, 4.69) is 10.8 Å².